The van der Waals surface area contributed by atoms with E-state index < -0.39 is 58.6 Å². The molecule has 1 aliphatic heterocycles. The summed E-state index contributed by atoms with van der Waals surface area (Å²) in [5, 5.41) is 11.6. The van der Waals surface area contributed by atoms with Crippen LogP contribution in [0.15, 0.2) is 23.8 Å². The molecule has 1 saturated heterocycles. The third kappa shape index (κ3) is 2.81. The number of rotatable bonds is 3. The van der Waals surface area contributed by atoms with Gasteiger partial charge >= 0.3 is 5.97 Å². The average Bonchev–Trinajstić information content (AvgIpc) is 3.47. The highest BCUT2D eigenvalue weighted by atomic mass is 19.1. The second kappa shape index (κ2) is 7.58. The van der Waals surface area contributed by atoms with Crippen molar-refractivity contribution < 1.29 is 38.1 Å². The molecular formula is C28H35FO7. The van der Waals surface area contributed by atoms with Crippen LogP contribution in [0, 0.1) is 22.7 Å². The van der Waals surface area contributed by atoms with Crippen molar-refractivity contribution in [2.24, 2.45) is 22.7 Å². The fraction of sp³-hybridized carbons (Fsp3) is 0.750. The largest absolute Gasteiger partial charge is 0.458 e. The van der Waals surface area contributed by atoms with Crippen molar-refractivity contribution >= 4 is 17.5 Å². The van der Waals surface area contributed by atoms with E-state index in [1.54, 1.807) is 13.0 Å². The Bertz CT molecular complexity index is 1090. The summed E-state index contributed by atoms with van der Waals surface area (Å²) in [6.45, 7) is 4.52. The SMILES string of the molecule is CC(=O)OCC(=O)[C@@]12OC3(CCCC3)O[C@@H]1C[C@H]1[C@@H]3CCC4=CC(=O)C=C[C@@]4(C)[C@@]3(F)[C@@H](O)C[C@]12C. The molecule has 196 valence electrons. The van der Waals surface area contributed by atoms with Crippen LogP contribution in [0.5, 0.6) is 0 Å². The van der Waals surface area contributed by atoms with Gasteiger partial charge in [0, 0.05) is 36.5 Å². The van der Waals surface area contributed by atoms with Gasteiger partial charge in [0.15, 0.2) is 29.4 Å². The zero-order chi connectivity index (χ0) is 25.7. The molecule has 1 spiro atoms. The number of aliphatic hydroxyl groups is 1. The minimum Gasteiger partial charge on any atom is -0.458 e. The van der Waals surface area contributed by atoms with Gasteiger partial charge in [-0.25, -0.2) is 4.39 Å². The summed E-state index contributed by atoms with van der Waals surface area (Å²) in [5.41, 5.74) is -4.72. The molecular weight excluding hydrogens is 467 g/mol. The maximum Gasteiger partial charge on any atom is 0.303 e. The molecule has 1 heterocycles. The topological polar surface area (TPSA) is 99.1 Å². The lowest BCUT2D eigenvalue weighted by Crippen LogP contribution is -2.70. The number of alkyl halides is 1. The molecule has 0 amide bonds. The van der Waals surface area contributed by atoms with Crippen molar-refractivity contribution in [2.45, 2.75) is 101 Å². The molecule has 0 aromatic heterocycles. The molecule has 1 N–H and O–H groups in total. The average molecular weight is 503 g/mol. The van der Waals surface area contributed by atoms with Crippen LogP contribution in [0.2, 0.25) is 0 Å². The van der Waals surface area contributed by atoms with Crippen molar-refractivity contribution in [3.63, 3.8) is 0 Å². The maximum absolute atomic E-state index is 17.4. The first-order valence-electron chi connectivity index (χ1n) is 13.3. The van der Waals surface area contributed by atoms with Crippen molar-refractivity contribution in [3.8, 4) is 0 Å². The van der Waals surface area contributed by atoms with E-state index in [-0.39, 0.29) is 23.9 Å². The van der Waals surface area contributed by atoms with E-state index in [2.05, 4.69) is 0 Å². The van der Waals surface area contributed by atoms with E-state index in [0.717, 1.165) is 12.8 Å². The number of fused-ring (bicyclic) bond motifs is 7. The van der Waals surface area contributed by atoms with Gasteiger partial charge in [0.25, 0.3) is 0 Å². The zero-order valence-electron chi connectivity index (χ0n) is 21.2. The van der Waals surface area contributed by atoms with E-state index in [0.29, 0.717) is 37.7 Å². The molecule has 0 aromatic rings. The Balaban J connectivity index is 1.44. The summed E-state index contributed by atoms with van der Waals surface area (Å²) in [6, 6.07) is 0. The Hall–Kier alpha value is -1.90. The molecule has 4 saturated carbocycles. The fourth-order valence-corrected chi connectivity index (χ4v) is 9.04. The minimum absolute atomic E-state index is 0.0110. The molecule has 0 bridgehead atoms. The number of hydrogen-bond donors (Lipinski definition) is 1. The zero-order valence-corrected chi connectivity index (χ0v) is 21.2. The van der Waals surface area contributed by atoms with Crippen LogP contribution in [0.1, 0.15) is 72.1 Å². The van der Waals surface area contributed by atoms with Gasteiger partial charge in [0.1, 0.15) is 0 Å². The van der Waals surface area contributed by atoms with E-state index >= 15 is 4.39 Å². The highest BCUT2D eigenvalue weighted by Gasteiger charge is 2.80. The number of halogens is 1. The molecule has 5 fully saturated rings. The van der Waals surface area contributed by atoms with Gasteiger partial charge in [-0.15, -0.1) is 0 Å². The Morgan fingerprint density at radius 2 is 1.94 bits per heavy atom. The molecule has 5 aliphatic carbocycles. The summed E-state index contributed by atoms with van der Waals surface area (Å²) in [7, 11) is 0. The van der Waals surface area contributed by atoms with Gasteiger partial charge in [-0.2, -0.15) is 0 Å². The number of Topliss-reactive ketones (excluding diaryl/α,β-unsaturated/α-hetero) is 1. The molecule has 6 rings (SSSR count). The molecule has 0 aromatic carbocycles. The van der Waals surface area contributed by atoms with E-state index in [1.807, 2.05) is 6.92 Å². The number of ether oxygens (including phenoxy) is 3. The molecule has 0 unspecified atom stereocenters. The summed E-state index contributed by atoms with van der Waals surface area (Å²) >= 11 is 0. The highest BCUT2D eigenvalue weighted by Crippen LogP contribution is 2.73. The molecule has 36 heavy (non-hydrogen) atoms. The van der Waals surface area contributed by atoms with Gasteiger partial charge in [0.05, 0.1) is 12.2 Å². The second-order valence-electron chi connectivity index (χ2n) is 12.3. The number of carbonyl (C=O) groups is 3. The number of aliphatic hydroxyl groups excluding tert-OH is 1. The molecule has 8 atom stereocenters. The lowest BCUT2D eigenvalue weighted by molar-refractivity contribution is -0.253. The van der Waals surface area contributed by atoms with Gasteiger partial charge in [-0.05, 0) is 63.5 Å². The van der Waals surface area contributed by atoms with Crippen LogP contribution in [0.25, 0.3) is 0 Å². The normalized spacial score (nSPS) is 48.1. The molecule has 0 radical (unpaired) electrons. The van der Waals surface area contributed by atoms with Gasteiger partial charge in [0.2, 0.25) is 5.78 Å². The minimum atomic E-state index is -2.00. The first-order chi connectivity index (χ1) is 16.9. The number of allylic oxidation sites excluding steroid dienone is 4. The first kappa shape index (κ1) is 24.4. The van der Waals surface area contributed by atoms with Crippen molar-refractivity contribution in [3.05, 3.63) is 23.8 Å². The summed E-state index contributed by atoms with van der Waals surface area (Å²) in [5.74, 6) is -2.80. The van der Waals surface area contributed by atoms with Gasteiger partial charge in [-0.3, -0.25) is 14.4 Å². The summed E-state index contributed by atoms with van der Waals surface area (Å²) in [6.07, 6.45) is 7.23. The predicted molar refractivity (Wildman–Crippen MR) is 125 cm³/mol. The van der Waals surface area contributed by atoms with Crippen LogP contribution in [-0.2, 0) is 28.6 Å². The molecule has 6 aliphatic rings. The van der Waals surface area contributed by atoms with E-state index in [9.17, 15) is 19.5 Å². The van der Waals surface area contributed by atoms with Crippen LogP contribution in [0.4, 0.5) is 4.39 Å². The molecule has 7 nitrogen and oxygen atoms in total. The monoisotopic (exact) mass is 502 g/mol. The standard InChI is InChI=1S/C28H35FO7/c1-16(30)34-15-22(33)28-23(35-26(36-28)9-4-5-10-26)13-20-19-7-6-17-12-18(31)8-11-24(17,2)27(19,29)21(32)14-25(20,28)3/h8,11-12,19-21,23,32H,4-7,9-10,13-15H2,1-3H3/t19-,20-,21-,23+,24+,25+,27-,28+/m0/s1. The Morgan fingerprint density at radius 1 is 1.22 bits per heavy atom. The number of hydrogen-bond acceptors (Lipinski definition) is 7. The third-order valence-corrected chi connectivity index (χ3v) is 10.7. The maximum atomic E-state index is 17.4. The Kier molecular flexibility index (Phi) is 5.14. The summed E-state index contributed by atoms with van der Waals surface area (Å²) in [4.78, 5) is 37.5. The van der Waals surface area contributed by atoms with Crippen molar-refractivity contribution in [1.82, 2.24) is 0 Å². The quantitative estimate of drug-likeness (QED) is 0.590. The fourth-order valence-electron chi connectivity index (χ4n) is 9.04. The third-order valence-electron chi connectivity index (χ3n) is 10.7. The Labute approximate surface area is 210 Å². The lowest BCUT2D eigenvalue weighted by atomic mass is 9.44. The number of ketones is 2. The van der Waals surface area contributed by atoms with Gasteiger partial charge in [-0.1, -0.05) is 18.6 Å². The Morgan fingerprint density at radius 3 is 2.64 bits per heavy atom. The van der Waals surface area contributed by atoms with Crippen molar-refractivity contribution in [2.75, 3.05) is 6.61 Å². The number of esters is 1. The highest BCUT2D eigenvalue weighted by molar-refractivity contribution is 6.01. The summed E-state index contributed by atoms with van der Waals surface area (Å²) < 4.78 is 35.8. The van der Waals surface area contributed by atoms with Gasteiger partial charge < -0.3 is 19.3 Å². The van der Waals surface area contributed by atoms with E-state index in [4.69, 9.17) is 14.2 Å². The van der Waals surface area contributed by atoms with Crippen molar-refractivity contribution in [1.29, 1.82) is 0 Å². The van der Waals surface area contributed by atoms with Crippen LogP contribution in [-0.4, -0.2) is 58.5 Å². The second-order valence-corrected chi connectivity index (χ2v) is 12.3. The first-order valence-corrected chi connectivity index (χ1v) is 13.3. The predicted octanol–water partition coefficient (Wildman–Crippen LogP) is 3.52. The smallest absolute Gasteiger partial charge is 0.303 e. The van der Waals surface area contributed by atoms with Crippen LogP contribution < -0.4 is 0 Å². The molecule has 8 heteroatoms. The van der Waals surface area contributed by atoms with Crippen LogP contribution >= 0.6 is 0 Å². The van der Waals surface area contributed by atoms with E-state index in [1.165, 1.54) is 19.1 Å². The number of carbonyl (C=O) groups excluding carboxylic acids is 3. The lowest BCUT2D eigenvalue weighted by Gasteiger charge is -2.62. The van der Waals surface area contributed by atoms with Crippen LogP contribution in [0.3, 0.4) is 0 Å².